The van der Waals surface area contributed by atoms with Crippen LogP contribution in [0.5, 0.6) is 0 Å². The van der Waals surface area contributed by atoms with Gasteiger partial charge >= 0.3 is 0 Å². The van der Waals surface area contributed by atoms with Crippen molar-refractivity contribution in [2.75, 3.05) is 0 Å². The van der Waals surface area contributed by atoms with Crippen molar-refractivity contribution in [2.24, 2.45) is 0 Å². The molecule has 1 nitrogen and oxygen atoms in total. The van der Waals surface area contributed by atoms with Crippen molar-refractivity contribution >= 4 is 0 Å². The molecule has 1 heteroatoms. The Balaban J connectivity index is 2.09. The average molecular weight is 215 g/mol. The van der Waals surface area contributed by atoms with E-state index >= 15 is 0 Å². The lowest BCUT2D eigenvalue weighted by Crippen LogP contribution is -2.39. The zero-order chi connectivity index (χ0) is 11.0. The van der Waals surface area contributed by atoms with Crippen LogP contribution >= 0.6 is 0 Å². The van der Waals surface area contributed by atoms with Gasteiger partial charge in [0.15, 0.2) is 0 Å². The van der Waals surface area contributed by atoms with Crippen molar-refractivity contribution < 1.29 is 0 Å². The monoisotopic (exact) mass is 215 g/mol. The van der Waals surface area contributed by atoms with E-state index in [0.717, 1.165) is 12.5 Å². The van der Waals surface area contributed by atoms with Crippen LogP contribution in [-0.2, 0) is 13.0 Å². The van der Waals surface area contributed by atoms with Crippen LogP contribution in [0.4, 0.5) is 0 Å². The Bertz CT molecular complexity index is 383. The fourth-order valence-corrected chi connectivity index (χ4v) is 3.55. The SMILES string of the molecule is CCC1NCc2cccc3c2C1CCCC3. The van der Waals surface area contributed by atoms with E-state index in [-0.39, 0.29) is 0 Å². The van der Waals surface area contributed by atoms with Gasteiger partial charge in [0.25, 0.3) is 0 Å². The lowest BCUT2D eigenvalue weighted by molar-refractivity contribution is 0.373. The molecule has 1 aromatic carbocycles. The quantitative estimate of drug-likeness (QED) is 0.757. The Kier molecular flexibility index (Phi) is 2.72. The molecular weight excluding hydrogens is 194 g/mol. The predicted octanol–water partition coefficient (Wildman–Crippen LogP) is 3.38. The molecule has 2 unspecified atom stereocenters. The third kappa shape index (κ3) is 1.58. The van der Waals surface area contributed by atoms with E-state index in [1.54, 1.807) is 16.7 Å². The van der Waals surface area contributed by atoms with Crippen molar-refractivity contribution in [1.82, 2.24) is 5.32 Å². The standard InChI is InChI=1S/C15H21N/c1-2-14-13-9-4-3-6-11-7-5-8-12(10-16-14)15(11)13/h5,7-8,13-14,16H,2-4,6,9-10H2,1H3. The van der Waals surface area contributed by atoms with Gasteiger partial charge < -0.3 is 5.32 Å². The maximum absolute atomic E-state index is 3.71. The molecule has 0 amide bonds. The van der Waals surface area contributed by atoms with Gasteiger partial charge in [-0.15, -0.1) is 0 Å². The number of hydrogen-bond acceptors (Lipinski definition) is 1. The summed E-state index contributed by atoms with van der Waals surface area (Å²) in [5.74, 6) is 0.785. The van der Waals surface area contributed by atoms with E-state index in [1.807, 2.05) is 0 Å². The summed E-state index contributed by atoms with van der Waals surface area (Å²) in [5, 5.41) is 3.71. The Labute approximate surface area is 98.3 Å². The zero-order valence-electron chi connectivity index (χ0n) is 10.1. The van der Waals surface area contributed by atoms with Gasteiger partial charge in [-0.05, 0) is 48.3 Å². The molecule has 0 saturated heterocycles. The Morgan fingerprint density at radius 1 is 1.25 bits per heavy atom. The third-order valence-corrected chi connectivity index (χ3v) is 4.35. The first-order valence-electron chi connectivity index (χ1n) is 6.74. The van der Waals surface area contributed by atoms with E-state index in [2.05, 4.69) is 30.4 Å². The van der Waals surface area contributed by atoms with Crippen LogP contribution in [0.25, 0.3) is 0 Å². The molecule has 0 radical (unpaired) electrons. The fraction of sp³-hybridized carbons (Fsp3) is 0.600. The highest BCUT2D eigenvalue weighted by Crippen LogP contribution is 2.38. The summed E-state index contributed by atoms with van der Waals surface area (Å²) in [6.45, 7) is 3.40. The van der Waals surface area contributed by atoms with Crippen LogP contribution in [0.15, 0.2) is 18.2 Å². The first-order valence-corrected chi connectivity index (χ1v) is 6.74. The van der Waals surface area contributed by atoms with Crippen LogP contribution < -0.4 is 5.32 Å². The Morgan fingerprint density at radius 2 is 2.12 bits per heavy atom. The van der Waals surface area contributed by atoms with E-state index < -0.39 is 0 Å². The van der Waals surface area contributed by atoms with Gasteiger partial charge in [0.2, 0.25) is 0 Å². The maximum Gasteiger partial charge on any atom is 0.0211 e. The summed E-state index contributed by atoms with van der Waals surface area (Å²) in [5.41, 5.74) is 4.92. The van der Waals surface area contributed by atoms with Crippen molar-refractivity contribution in [1.29, 1.82) is 0 Å². The van der Waals surface area contributed by atoms with E-state index in [4.69, 9.17) is 0 Å². The van der Waals surface area contributed by atoms with Gasteiger partial charge in [-0.3, -0.25) is 0 Å². The largest absolute Gasteiger partial charge is 0.309 e. The summed E-state index contributed by atoms with van der Waals surface area (Å²) in [6, 6.07) is 7.63. The van der Waals surface area contributed by atoms with Crippen molar-refractivity contribution in [3.63, 3.8) is 0 Å². The second-order valence-corrected chi connectivity index (χ2v) is 5.24. The van der Waals surface area contributed by atoms with Crippen molar-refractivity contribution in [2.45, 2.75) is 57.5 Å². The molecule has 1 aliphatic carbocycles. The molecule has 2 atom stereocenters. The highest BCUT2D eigenvalue weighted by atomic mass is 14.9. The molecule has 1 aromatic rings. The normalized spacial score (nSPS) is 28.3. The van der Waals surface area contributed by atoms with Crippen LogP contribution in [0.3, 0.4) is 0 Å². The minimum Gasteiger partial charge on any atom is -0.309 e. The molecule has 1 aliphatic heterocycles. The molecule has 1 N–H and O–H groups in total. The lowest BCUT2D eigenvalue weighted by atomic mass is 9.80. The van der Waals surface area contributed by atoms with E-state index in [9.17, 15) is 0 Å². The molecule has 0 saturated carbocycles. The number of aryl methyl sites for hydroxylation is 1. The van der Waals surface area contributed by atoms with E-state index in [1.165, 1.54) is 32.1 Å². The first-order chi connectivity index (χ1) is 7.90. The lowest BCUT2D eigenvalue weighted by Gasteiger charge is -2.34. The van der Waals surface area contributed by atoms with Gasteiger partial charge in [0.1, 0.15) is 0 Å². The fourth-order valence-electron chi connectivity index (χ4n) is 3.55. The zero-order valence-corrected chi connectivity index (χ0v) is 10.1. The molecule has 0 bridgehead atoms. The van der Waals surface area contributed by atoms with E-state index in [0.29, 0.717) is 6.04 Å². The van der Waals surface area contributed by atoms with Gasteiger partial charge in [0, 0.05) is 12.6 Å². The maximum atomic E-state index is 3.71. The van der Waals surface area contributed by atoms with Gasteiger partial charge in [-0.2, -0.15) is 0 Å². The van der Waals surface area contributed by atoms with Crippen LogP contribution in [0.1, 0.15) is 55.2 Å². The minimum absolute atomic E-state index is 0.715. The molecule has 16 heavy (non-hydrogen) atoms. The summed E-state index contributed by atoms with van der Waals surface area (Å²) in [4.78, 5) is 0. The molecule has 2 aliphatic rings. The molecule has 86 valence electrons. The summed E-state index contributed by atoms with van der Waals surface area (Å²) < 4.78 is 0. The Morgan fingerprint density at radius 3 is 3.00 bits per heavy atom. The molecule has 1 heterocycles. The molecule has 0 spiro atoms. The molecule has 0 fully saturated rings. The highest BCUT2D eigenvalue weighted by Gasteiger charge is 2.30. The summed E-state index contributed by atoms with van der Waals surface area (Å²) in [6.07, 6.45) is 6.73. The third-order valence-electron chi connectivity index (χ3n) is 4.35. The average Bonchev–Trinajstić information content (AvgIpc) is 2.55. The number of benzene rings is 1. The van der Waals surface area contributed by atoms with Crippen LogP contribution in [-0.4, -0.2) is 6.04 Å². The Hall–Kier alpha value is -0.820. The smallest absolute Gasteiger partial charge is 0.0211 e. The molecular formula is C15H21N. The number of nitrogens with one attached hydrogen (secondary N) is 1. The summed E-state index contributed by atoms with van der Waals surface area (Å²) in [7, 11) is 0. The molecule has 3 rings (SSSR count). The molecule has 0 aromatic heterocycles. The second kappa shape index (κ2) is 4.21. The highest BCUT2D eigenvalue weighted by molar-refractivity contribution is 5.41. The van der Waals surface area contributed by atoms with Crippen molar-refractivity contribution in [3.05, 3.63) is 34.9 Å². The minimum atomic E-state index is 0.715. The summed E-state index contributed by atoms with van der Waals surface area (Å²) >= 11 is 0. The van der Waals surface area contributed by atoms with Crippen molar-refractivity contribution in [3.8, 4) is 0 Å². The second-order valence-electron chi connectivity index (χ2n) is 5.24. The van der Waals surface area contributed by atoms with Gasteiger partial charge in [0.05, 0.1) is 0 Å². The van der Waals surface area contributed by atoms with Crippen LogP contribution in [0, 0.1) is 0 Å². The number of rotatable bonds is 1. The van der Waals surface area contributed by atoms with Gasteiger partial charge in [-0.1, -0.05) is 31.5 Å². The van der Waals surface area contributed by atoms with Gasteiger partial charge in [-0.25, -0.2) is 0 Å². The number of hydrogen-bond donors (Lipinski definition) is 1. The first kappa shape index (κ1) is 10.3. The predicted molar refractivity (Wildman–Crippen MR) is 67.7 cm³/mol. The topological polar surface area (TPSA) is 12.0 Å². The van der Waals surface area contributed by atoms with Crippen LogP contribution in [0.2, 0.25) is 0 Å².